The van der Waals surface area contributed by atoms with Crippen molar-refractivity contribution in [2.75, 3.05) is 6.61 Å². The highest BCUT2D eigenvalue weighted by Crippen LogP contribution is 2.29. The monoisotopic (exact) mass is 326 g/mol. The van der Waals surface area contributed by atoms with Crippen molar-refractivity contribution in [3.8, 4) is 0 Å². The van der Waals surface area contributed by atoms with Crippen molar-refractivity contribution >= 4 is 0 Å². The van der Waals surface area contributed by atoms with Crippen molar-refractivity contribution in [3.63, 3.8) is 0 Å². The maximum atomic E-state index is 9.97. The third-order valence-corrected chi connectivity index (χ3v) is 3.86. The van der Waals surface area contributed by atoms with Gasteiger partial charge in [0.05, 0.1) is 12.7 Å². The van der Waals surface area contributed by atoms with Crippen molar-refractivity contribution in [1.82, 2.24) is 0 Å². The van der Waals surface area contributed by atoms with Crippen LogP contribution >= 0.6 is 0 Å². The lowest BCUT2D eigenvalue weighted by atomic mass is 9.99. The Morgan fingerprint density at radius 3 is 2.09 bits per heavy atom. The zero-order valence-electron chi connectivity index (χ0n) is 11.8. The van der Waals surface area contributed by atoms with Crippen molar-refractivity contribution in [3.05, 3.63) is 0 Å². The molecule has 0 spiro atoms. The Bertz CT molecular complexity index is 366. The molecule has 2 aliphatic heterocycles. The predicted octanol–water partition coefficient (Wildman–Crippen LogP) is -4.37. The second-order valence-corrected chi connectivity index (χ2v) is 5.52. The lowest BCUT2D eigenvalue weighted by Gasteiger charge is -2.41. The maximum absolute atomic E-state index is 9.97. The molecule has 10 nitrogen and oxygen atoms in total. The summed E-state index contributed by atoms with van der Waals surface area (Å²) in [5, 5.41) is 67.4. The average molecular weight is 326 g/mol. The normalized spacial score (nSPS) is 51.0. The zero-order chi connectivity index (χ0) is 16.6. The van der Waals surface area contributed by atoms with Gasteiger partial charge >= 0.3 is 0 Å². The van der Waals surface area contributed by atoms with Crippen LogP contribution in [0.3, 0.4) is 0 Å². The first-order chi connectivity index (χ1) is 10.3. The minimum absolute atomic E-state index is 0.627. The van der Waals surface area contributed by atoms with Crippen molar-refractivity contribution in [1.29, 1.82) is 0 Å². The third kappa shape index (κ3) is 3.26. The molecular weight excluding hydrogens is 304 g/mol. The van der Waals surface area contributed by atoms with Gasteiger partial charge in [-0.3, -0.25) is 0 Å². The summed E-state index contributed by atoms with van der Waals surface area (Å²) in [6.45, 7) is 0.727. The summed E-state index contributed by atoms with van der Waals surface area (Å²) in [6, 6.07) is 0. The number of aliphatic hydroxyl groups is 7. The Morgan fingerprint density at radius 1 is 0.955 bits per heavy atom. The molecule has 0 aromatic rings. The standard InChI is InChI=1S/C12H22O10/c1-3(14)9-6(16)7(17)12(21-9)22-10-5(15)4(2-13)20-11(19)8(10)18/h3-19H,2H2,1H3/t3?,4-,5+,6+,7+,8-,9-,10+,11-,12+/m1/s1. The molecule has 7 N–H and O–H groups in total. The minimum Gasteiger partial charge on any atom is -0.394 e. The van der Waals surface area contributed by atoms with E-state index in [0.717, 1.165) is 0 Å². The van der Waals surface area contributed by atoms with E-state index in [0.29, 0.717) is 0 Å². The van der Waals surface area contributed by atoms with Gasteiger partial charge in [0.1, 0.15) is 42.7 Å². The molecule has 0 radical (unpaired) electrons. The molecular formula is C12H22O10. The molecule has 10 atom stereocenters. The van der Waals surface area contributed by atoms with Crippen LogP contribution in [0.4, 0.5) is 0 Å². The molecule has 2 heterocycles. The fraction of sp³-hybridized carbons (Fsp3) is 1.00. The van der Waals surface area contributed by atoms with Gasteiger partial charge in [-0.25, -0.2) is 0 Å². The van der Waals surface area contributed by atoms with E-state index in [2.05, 4.69) is 0 Å². The molecule has 0 aromatic heterocycles. The Labute approximate surface area is 126 Å². The fourth-order valence-electron chi connectivity index (χ4n) is 2.57. The molecule has 0 amide bonds. The fourth-order valence-corrected chi connectivity index (χ4v) is 2.57. The van der Waals surface area contributed by atoms with E-state index in [1.54, 1.807) is 0 Å². The van der Waals surface area contributed by atoms with Gasteiger partial charge in [0.25, 0.3) is 0 Å². The molecule has 0 aromatic carbocycles. The second kappa shape index (κ2) is 7.01. The topological polar surface area (TPSA) is 169 Å². The van der Waals surface area contributed by atoms with Gasteiger partial charge in [-0.05, 0) is 6.92 Å². The lowest BCUT2D eigenvalue weighted by molar-refractivity contribution is -0.322. The van der Waals surface area contributed by atoms with E-state index >= 15 is 0 Å². The molecule has 0 saturated carbocycles. The average Bonchev–Trinajstić information content (AvgIpc) is 2.75. The van der Waals surface area contributed by atoms with E-state index in [-0.39, 0.29) is 0 Å². The summed E-state index contributed by atoms with van der Waals surface area (Å²) < 4.78 is 15.2. The third-order valence-electron chi connectivity index (χ3n) is 3.86. The number of aliphatic hydroxyl groups excluding tert-OH is 7. The lowest BCUT2D eigenvalue weighted by Crippen LogP contribution is -2.60. The maximum Gasteiger partial charge on any atom is 0.187 e. The summed E-state index contributed by atoms with van der Waals surface area (Å²) in [6.07, 6.45) is -14.1. The summed E-state index contributed by atoms with van der Waals surface area (Å²) in [7, 11) is 0. The van der Waals surface area contributed by atoms with Crippen LogP contribution in [0.2, 0.25) is 0 Å². The van der Waals surface area contributed by atoms with Crippen LogP contribution in [0.1, 0.15) is 6.92 Å². The molecule has 2 aliphatic rings. The summed E-state index contributed by atoms with van der Waals surface area (Å²) in [5.41, 5.74) is 0. The highest BCUT2D eigenvalue weighted by Gasteiger charge is 2.51. The van der Waals surface area contributed by atoms with E-state index in [9.17, 15) is 30.6 Å². The quantitative estimate of drug-likeness (QED) is 0.268. The van der Waals surface area contributed by atoms with Gasteiger partial charge in [-0.15, -0.1) is 0 Å². The zero-order valence-corrected chi connectivity index (χ0v) is 11.8. The first-order valence-electron chi connectivity index (χ1n) is 6.93. The highest BCUT2D eigenvalue weighted by molar-refractivity contribution is 4.94. The van der Waals surface area contributed by atoms with E-state index in [4.69, 9.17) is 19.3 Å². The van der Waals surface area contributed by atoms with E-state index < -0.39 is 68.0 Å². The summed E-state index contributed by atoms with van der Waals surface area (Å²) in [4.78, 5) is 0. The predicted molar refractivity (Wildman–Crippen MR) is 67.2 cm³/mol. The van der Waals surface area contributed by atoms with Crippen LogP contribution in [0.25, 0.3) is 0 Å². The van der Waals surface area contributed by atoms with Crippen LogP contribution in [-0.2, 0) is 14.2 Å². The summed E-state index contributed by atoms with van der Waals surface area (Å²) >= 11 is 0. The van der Waals surface area contributed by atoms with Crippen molar-refractivity contribution < 1.29 is 50.0 Å². The van der Waals surface area contributed by atoms with Gasteiger partial charge in [0.2, 0.25) is 0 Å². The highest BCUT2D eigenvalue weighted by atomic mass is 16.7. The van der Waals surface area contributed by atoms with Crippen molar-refractivity contribution in [2.45, 2.75) is 68.3 Å². The Balaban J connectivity index is 2.08. The van der Waals surface area contributed by atoms with Crippen molar-refractivity contribution in [2.24, 2.45) is 0 Å². The van der Waals surface area contributed by atoms with Crippen LogP contribution in [0, 0.1) is 0 Å². The Kier molecular flexibility index (Phi) is 5.72. The number of rotatable bonds is 4. The Hall–Kier alpha value is -0.400. The van der Waals surface area contributed by atoms with Gasteiger partial charge in [-0.1, -0.05) is 0 Å². The van der Waals surface area contributed by atoms with Crippen LogP contribution in [0.5, 0.6) is 0 Å². The largest absolute Gasteiger partial charge is 0.394 e. The Morgan fingerprint density at radius 2 is 1.59 bits per heavy atom. The first kappa shape index (κ1) is 17.9. The smallest absolute Gasteiger partial charge is 0.187 e. The van der Waals surface area contributed by atoms with Gasteiger partial charge in [-0.2, -0.15) is 0 Å². The molecule has 10 heteroatoms. The van der Waals surface area contributed by atoms with Crippen LogP contribution in [-0.4, -0.2) is 104 Å². The molecule has 2 rings (SSSR count). The van der Waals surface area contributed by atoms with Crippen LogP contribution < -0.4 is 0 Å². The molecule has 0 bridgehead atoms. The SMILES string of the molecule is CC(O)[C@H]1O[C@@H](O[C@@H]2[C@@H](O)[C@H](O)O[C@H](CO)[C@@H]2O)[C@@H](O)[C@@H]1O. The molecule has 22 heavy (non-hydrogen) atoms. The first-order valence-corrected chi connectivity index (χ1v) is 6.93. The number of hydrogen-bond acceptors (Lipinski definition) is 10. The van der Waals surface area contributed by atoms with E-state index in [1.807, 2.05) is 0 Å². The number of hydrogen-bond donors (Lipinski definition) is 7. The molecule has 0 aliphatic carbocycles. The minimum atomic E-state index is -1.71. The molecule has 2 fully saturated rings. The number of ether oxygens (including phenoxy) is 3. The molecule has 2 saturated heterocycles. The van der Waals surface area contributed by atoms with Gasteiger partial charge in [0, 0.05) is 0 Å². The second-order valence-electron chi connectivity index (χ2n) is 5.52. The van der Waals surface area contributed by atoms with Crippen LogP contribution in [0.15, 0.2) is 0 Å². The molecule has 130 valence electrons. The molecule has 1 unspecified atom stereocenters. The summed E-state index contributed by atoms with van der Waals surface area (Å²) in [5.74, 6) is 0. The van der Waals surface area contributed by atoms with E-state index in [1.165, 1.54) is 6.92 Å². The van der Waals surface area contributed by atoms with Gasteiger partial charge < -0.3 is 50.0 Å². The van der Waals surface area contributed by atoms with Gasteiger partial charge in [0.15, 0.2) is 12.6 Å².